The second kappa shape index (κ2) is 7.76. The van der Waals surface area contributed by atoms with E-state index in [0.29, 0.717) is 18.2 Å². The molecule has 0 unspecified atom stereocenters. The van der Waals surface area contributed by atoms with Gasteiger partial charge in [-0.2, -0.15) is 0 Å². The average molecular weight is 309 g/mol. The molecule has 0 saturated carbocycles. The van der Waals surface area contributed by atoms with Gasteiger partial charge in [-0.3, -0.25) is 9.80 Å². The van der Waals surface area contributed by atoms with Gasteiger partial charge in [0.2, 0.25) is 0 Å². The van der Waals surface area contributed by atoms with Gasteiger partial charge < -0.3 is 14.8 Å². The van der Waals surface area contributed by atoms with Gasteiger partial charge in [-0.05, 0) is 26.8 Å². The number of aromatic amines is 1. The van der Waals surface area contributed by atoms with E-state index in [1.807, 2.05) is 19.9 Å². The fourth-order valence-electron chi connectivity index (χ4n) is 3.05. The molecule has 2 N–H and O–H groups in total. The zero-order chi connectivity index (χ0) is 16.1. The molecule has 22 heavy (non-hydrogen) atoms. The van der Waals surface area contributed by atoms with Crippen LogP contribution >= 0.6 is 0 Å². The third-order valence-corrected chi connectivity index (χ3v) is 4.20. The Morgan fingerprint density at radius 3 is 2.91 bits per heavy atom. The number of nitrogens with zero attached hydrogens (tertiary/aromatic N) is 2. The lowest BCUT2D eigenvalue weighted by Crippen LogP contribution is -2.52. The molecule has 0 aliphatic carbocycles. The molecule has 0 amide bonds. The topological polar surface area (TPSA) is 68.8 Å². The summed E-state index contributed by atoms with van der Waals surface area (Å²) in [7, 11) is 0. The predicted molar refractivity (Wildman–Crippen MR) is 84.9 cm³/mol. The van der Waals surface area contributed by atoms with E-state index in [1.165, 1.54) is 0 Å². The van der Waals surface area contributed by atoms with E-state index in [4.69, 9.17) is 9.84 Å². The number of ether oxygens (including phenoxy) is 1. The molecule has 0 aromatic carbocycles. The maximum absolute atomic E-state index is 11.9. The van der Waals surface area contributed by atoms with E-state index in [1.54, 1.807) is 0 Å². The average Bonchev–Trinajstić information content (AvgIpc) is 2.83. The van der Waals surface area contributed by atoms with E-state index < -0.39 is 0 Å². The lowest BCUT2D eigenvalue weighted by Gasteiger charge is -2.39. The first-order chi connectivity index (χ1) is 10.5. The Kier molecular flexibility index (Phi) is 5.99. The minimum atomic E-state index is -0.261. The molecule has 6 nitrogen and oxygen atoms in total. The third kappa shape index (κ3) is 4.09. The minimum Gasteiger partial charge on any atom is -0.462 e. The number of aliphatic hydroxyl groups excluding tert-OH is 1. The van der Waals surface area contributed by atoms with Gasteiger partial charge in [0.1, 0.15) is 0 Å². The monoisotopic (exact) mass is 309 g/mol. The van der Waals surface area contributed by atoms with Crippen LogP contribution in [0.3, 0.4) is 0 Å². The first kappa shape index (κ1) is 17.0. The number of rotatable bonds is 6. The van der Waals surface area contributed by atoms with Crippen LogP contribution in [0.2, 0.25) is 0 Å². The summed E-state index contributed by atoms with van der Waals surface area (Å²) in [4.78, 5) is 19.8. The molecule has 1 saturated heterocycles. The number of H-pyrrole nitrogens is 1. The van der Waals surface area contributed by atoms with Crippen LogP contribution in [0.25, 0.3) is 0 Å². The number of nitrogens with one attached hydrogen (secondary N) is 1. The summed E-state index contributed by atoms with van der Waals surface area (Å²) in [6.45, 7) is 10.9. The van der Waals surface area contributed by atoms with E-state index in [9.17, 15) is 4.79 Å². The molecule has 0 radical (unpaired) electrons. The molecule has 0 bridgehead atoms. The van der Waals surface area contributed by atoms with Crippen molar-refractivity contribution in [2.45, 2.75) is 33.4 Å². The molecule has 1 aliphatic heterocycles. The molecule has 2 heterocycles. The van der Waals surface area contributed by atoms with Gasteiger partial charge >= 0.3 is 5.97 Å². The summed E-state index contributed by atoms with van der Waals surface area (Å²) < 4.78 is 5.07. The fourth-order valence-corrected chi connectivity index (χ4v) is 3.05. The maximum Gasteiger partial charge on any atom is 0.339 e. The molecule has 6 heteroatoms. The molecule has 1 aromatic heterocycles. The third-order valence-electron chi connectivity index (χ3n) is 4.20. The van der Waals surface area contributed by atoms with Gasteiger partial charge in [-0.15, -0.1) is 0 Å². The summed E-state index contributed by atoms with van der Waals surface area (Å²) >= 11 is 0. The standard InChI is InChI=1S/C16H27N3O3/c1-4-22-16(21)15-9-14(17-13(15)3)11-18-5-6-19(7-8-20)12(2)10-18/h9,12,17,20H,4-8,10-11H2,1-3H3/t12-/m0/s1. The summed E-state index contributed by atoms with van der Waals surface area (Å²) in [6, 6.07) is 2.33. The Morgan fingerprint density at radius 2 is 2.27 bits per heavy atom. The number of carbonyl (C=O) groups is 1. The number of esters is 1. The van der Waals surface area contributed by atoms with Crippen molar-refractivity contribution in [1.82, 2.24) is 14.8 Å². The molecule has 1 aromatic rings. The van der Waals surface area contributed by atoms with Crippen molar-refractivity contribution in [3.8, 4) is 0 Å². The van der Waals surface area contributed by atoms with Crippen molar-refractivity contribution < 1.29 is 14.6 Å². The van der Waals surface area contributed by atoms with E-state index >= 15 is 0 Å². The first-order valence-electron chi connectivity index (χ1n) is 7.98. The van der Waals surface area contributed by atoms with Gasteiger partial charge in [0.05, 0.1) is 18.8 Å². The van der Waals surface area contributed by atoms with Crippen LogP contribution < -0.4 is 0 Å². The summed E-state index contributed by atoms with van der Waals surface area (Å²) in [5.74, 6) is -0.261. The van der Waals surface area contributed by atoms with Crippen LogP contribution in [-0.2, 0) is 11.3 Å². The molecular formula is C16H27N3O3. The van der Waals surface area contributed by atoms with Gasteiger partial charge in [-0.1, -0.05) is 0 Å². The minimum absolute atomic E-state index is 0.211. The number of carbonyl (C=O) groups excluding carboxylic acids is 1. The van der Waals surface area contributed by atoms with Crippen LogP contribution in [-0.4, -0.2) is 71.3 Å². The number of piperazine rings is 1. The largest absolute Gasteiger partial charge is 0.462 e. The van der Waals surface area contributed by atoms with E-state index in [-0.39, 0.29) is 12.6 Å². The lowest BCUT2D eigenvalue weighted by atomic mass is 10.2. The van der Waals surface area contributed by atoms with Gasteiger partial charge in [0, 0.05) is 50.2 Å². The Morgan fingerprint density at radius 1 is 1.50 bits per heavy atom. The fraction of sp³-hybridized carbons (Fsp3) is 0.688. The van der Waals surface area contributed by atoms with E-state index in [2.05, 4.69) is 21.7 Å². The highest BCUT2D eigenvalue weighted by Gasteiger charge is 2.24. The number of hydrogen-bond acceptors (Lipinski definition) is 5. The van der Waals surface area contributed by atoms with Crippen molar-refractivity contribution >= 4 is 5.97 Å². The molecule has 1 fully saturated rings. The van der Waals surface area contributed by atoms with Crippen LogP contribution in [0.5, 0.6) is 0 Å². The second-order valence-corrected chi connectivity index (χ2v) is 5.90. The number of β-amino-alcohol motifs (C(OH)–C–C–N with tert-alkyl or cyclic N) is 1. The van der Waals surface area contributed by atoms with Crippen molar-refractivity contribution in [3.05, 3.63) is 23.0 Å². The van der Waals surface area contributed by atoms with Crippen LogP contribution in [0.1, 0.15) is 35.6 Å². The zero-order valence-corrected chi connectivity index (χ0v) is 13.8. The van der Waals surface area contributed by atoms with Crippen LogP contribution in [0.4, 0.5) is 0 Å². The molecule has 0 spiro atoms. The van der Waals surface area contributed by atoms with Crippen molar-refractivity contribution in [1.29, 1.82) is 0 Å². The summed E-state index contributed by atoms with van der Waals surface area (Å²) in [5.41, 5.74) is 2.53. The molecule has 124 valence electrons. The SMILES string of the molecule is CCOC(=O)c1cc(CN2CCN(CCO)[C@@H](C)C2)[nH]c1C. The second-order valence-electron chi connectivity index (χ2n) is 5.90. The Balaban J connectivity index is 1.95. The van der Waals surface area contributed by atoms with Crippen LogP contribution in [0, 0.1) is 6.92 Å². The highest BCUT2D eigenvalue weighted by atomic mass is 16.5. The van der Waals surface area contributed by atoms with Gasteiger partial charge in [0.15, 0.2) is 0 Å². The highest BCUT2D eigenvalue weighted by molar-refractivity contribution is 5.90. The number of aryl methyl sites for hydroxylation is 1. The zero-order valence-electron chi connectivity index (χ0n) is 13.8. The Hall–Kier alpha value is -1.37. The molecule has 1 atom stereocenters. The normalized spacial score (nSPS) is 20.3. The Labute approximate surface area is 132 Å². The van der Waals surface area contributed by atoms with Gasteiger partial charge in [-0.25, -0.2) is 4.79 Å². The number of hydrogen-bond donors (Lipinski definition) is 2. The van der Waals surface area contributed by atoms with Crippen molar-refractivity contribution in [2.24, 2.45) is 0 Å². The maximum atomic E-state index is 11.9. The lowest BCUT2D eigenvalue weighted by molar-refractivity contribution is 0.0525. The first-order valence-corrected chi connectivity index (χ1v) is 7.98. The van der Waals surface area contributed by atoms with E-state index in [0.717, 1.165) is 44.1 Å². The summed E-state index contributed by atoms with van der Waals surface area (Å²) in [5, 5.41) is 9.06. The van der Waals surface area contributed by atoms with Crippen molar-refractivity contribution in [3.63, 3.8) is 0 Å². The number of aromatic nitrogens is 1. The quantitative estimate of drug-likeness (QED) is 0.767. The van der Waals surface area contributed by atoms with Crippen LogP contribution in [0.15, 0.2) is 6.07 Å². The van der Waals surface area contributed by atoms with Gasteiger partial charge in [0.25, 0.3) is 0 Å². The van der Waals surface area contributed by atoms with Crippen molar-refractivity contribution in [2.75, 3.05) is 39.4 Å². The molecular weight excluding hydrogens is 282 g/mol. The molecule has 2 rings (SSSR count). The highest BCUT2D eigenvalue weighted by Crippen LogP contribution is 2.16. The predicted octanol–water partition coefficient (Wildman–Crippen LogP) is 0.998. The summed E-state index contributed by atoms with van der Waals surface area (Å²) in [6.07, 6.45) is 0. The smallest absolute Gasteiger partial charge is 0.339 e. The Bertz CT molecular complexity index is 501. The molecule has 1 aliphatic rings. The number of aliphatic hydroxyl groups is 1.